The van der Waals surface area contributed by atoms with E-state index in [9.17, 15) is 14.4 Å². The normalized spacial score (nSPS) is 11.3. The van der Waals surface area contributed by atoms with Gasteiger partial charge in [0, 0.05) is 23.6 Å². The minimum Gasteiger partial charge on any atom is -0.481 e. The molecule has 1 atom stereocenters. The molecule has 7 nitrogen and oxygen atoms in total. The van der Waals surface area contributed by atoms with Crippen molar-refractivity contribution in [3.8, 4) is 16.9 Å². The maximum atomic E-state index is 12.5. The predicted octanol–water partition coefficient (Wildman–Crippen LogP) is 5.04. The van der Waals surface area contributed by atoms with Gasteiger partial charge in [-0.05, 0) is 54.3 Å². The molecule has 0 bridgehead atoms. The van der Waals surface area contributed by atoms with Crippen LogP contribution in [0.4, 0.5) is 5.69 Å². The van der Waals surface area contributed by atoms with Gasteiger partial charge in [-0.1, -0.05) is 67.1 Å². The Morgan fingerprint density at radius 2 is 1.49 bits per heavy atom. The Bertz CT molecular complexity index is 1170. The number of carbonyl (C=O) groups excluding carboxylic acids is 3. The molecule has 3 aromatic carbocycles. The molecule has 3 amide bonds. The van der Waals surface area contributed by atoms with Crippen molar-refractivity contribution in [2.24, 2.45) is 0 Å². The smallest absolute Gasteiger partial charge is 0.279 e. The van der Waals surface area contributed by atoms with Gasteiger partial charge in [0.25, 0.3) is 5.91 Å². The summed E-state index contributed by atoms with van der Waals surface area (Å²) in [6.07, 6.45) is -0.518. The topological polar surface area (TPSA) is 96.5 Å². The lowest BCUT2D eigenvalue weighted by molar-refractivity contribution is -0.133. The number of rotatable bonds is 9. The van der Waals surface area contributed by atoms with Crippen molar-refractivity contribution in [3.05, 3.63) is 83.4 Å². The predicted molar refractivity (Wildman–Crippen MR) is 137 cm³/mol. The standard InChI is InChI=1S/C27H28ClN3O4/c1-3-24(35-21-14-12-20(13-15-21)19-8-5-4-6-9-19)27(34)31-30-26(33)17-16-25(32)29-23-11-7-10-22(28)18(23)2/h4-15,24H,3,16-17H2,1-2H3,(H,29,32)(H,30,33)(H,31,34). The molecule has 35 heavy (non-hydrogen) atoms. The molecule has 0 saturated carbocycles. The highest BCUT2D eigenvalue weighted by atomic mass is 35.5. The van der Waals surface area contributed by atoms with Crippen molar-refractivity contribution < 1.29 is 19.1 Å². The molecule has 0 aliphatic carbocycles. The highest BCUT2D eigenvalue weighted by molar-refractivity contribution is 6.31. The van der Waals surface area contributed by atoms with E-state index in [1.165, 1.54) is 0 Å². The SMILES string of the molecule is CCC(Oc1ccc(-c2ccccc2)cc1)C(=O)NNC(=O)CCC(=O)Nc1cccc(Cl)c1C. The Labute approximate surface area is 209 Å². The van der Waals surface area contributed by atoms with Crippen molar-refractivity contribution >= 4 is 35.0 Å². The van der Waals surface area contributed by atoms with Crippen LogP contribution in [0.3, 0.4) is 0 Å². The van der Waals surface area contributed by atoms with Crippen LogP contribution in [0.25, 0.3) is 11.1 Å². The van der Waals surface area contributed by atoms with Gasteiger partial charge in [0.15, 0.2) is 6.10 Å². The van der Waals surface area contributed by atoms with Crippen LogP contribution >= 0.6 is 11.6 Å². The average Bonchev–Trinajstić information content (AvgIpc) is 2.88. The molecule has 3 rings (SSSR count). The minimum absolute atomic E-state index is 0.0465. The fourth-order valence-corrected chi connectivity index (χ4v) is 3.47. The maximum Gasteiger partial charge on any atom is 0.279 e. The van der Waals surface area contributed by atoms with Crippen LogP contribution in [0.15, 0.2) is 72.8 Å². The van der Waals surface area contributed by atoms with Crippen LogP contribution in [0.5, 0.6) is 5.75 Å². The zero-order valence-electron chi connectivity index (χ0n) is 19.6. The van der Waals surface area contributed by atoms with E-state index in [0.717, 1.165) is 16.7 Å². The monoisotopic (exact) mass is 493 g/mol. The summed E-state index contributed by atoms with van der Waals surface area (Å²) in [7, 11) is 0. The second kappa shape index (κ2) is 12.6. The molecule has 0 fully saturated rings. The second-order valence-electron chi connectivity index (χ2n) is 7.90. The van der Waals surface area contributed by atoms with Crippen molar-refractivity contribution in [3.63, 3.8) is 0 Å². The number of ether oxygens (including phenoxy) is 1. The lowest BCUT2D eigenvalue weighted by Crippen LogP contribution is -2.48. The number of hydrogen-bond acceptors (Lipinski definition) is 4. The zero-order chi connectivity index (χ0) is 25.2. The van der Waals surface area contributed by atoms with Crippen LogP contribution in [0, 0.1) is 6.92 Å². The van der Waals surface area contributed by atoms with Gasteiger partial charge in [0.1, 0.15) is 5.75 Å². The Morgan fingerprint density at radius 3 is 2.17 bits per heavy atom. The molecule has 0 aliphatic rings. The molecule has 0 aromatic heterocycles. The number of amides is 3. The van der Waals surface area contributed by atoms with Crippen LogP contribution in [-0.4, -0.2) is 23.8 Å². The minimum atomic E-state index is -0.785. The first-order valence-electron chi connectivity index (χ1n) is 11.3. The molecule has 8 heteroatoms. The molecule has 0 radical (unpaired) electrons. The number of hydrogen-bond donors (Lipinski definition) is 3. The van der Waals surface area contributed by atoms with Crippen molar-refractivity contribution in [2.75, 3.05) is 5.32 Å². The highest BCUT2D eigenvalue weighted by Gasteiger charge is 2.19. The lowest BCUT2D eigenvalue weighted by Gasteiger charge is -2.18. The molecule has 0 heterocycles. The van der Waals surface area contributed by atoms with E-state index in [4.69, 9.17) is 16.3 Å². The van der Waals surface area contributed by atoms with Gasteiger partial charge >= 0.3 is 0 Å². The summed E-state index contributed by atoms with van der Waals surface area (Å²) in [5.41, 5.74) is 8.17. The number of hydrazine groups is 1. The summed E-state index contributed by atoms with van der Waals surface area (Å²) in [6, 6.07) is 22.6. The van der Waals surface area contributed by atoms with Gasteiger partial charge in [-0.2, -0.15) is 0 Å². The van der Waals surface area contributed by atoms with E-state index in [1.807, 2.05) is 49.4 Å². The molecule has 182 valence electrons. The molecule has 0 saturated heterocycles. The van der Waals surface area contributed by atoms with Crippen LogP contribution < -0.4 is 20.9 Å². The quantitative estimate of drug-likeness (QED) is 0.364. The van der Waals surface area contributed by atoms with E-state index < -0.39 is 17.9 Å². The Hall–Kier alpha value is -3.84. The fourth-order valence-electron chi connectivity index (χ4n) is 3.30. The van der Waals surface area contributed by atoms with Crippen molar-refractivity contribution in [2.45, 2.75) is 39.2 Å². The van der Waals surface area contributed by atoms with Crippen molar-refractivity contribution in [1.82, 2.24) is 10.9 Å². The van der Waals surface area contributed by atoms with Gasteiger partial charge in [-0.15, -0.1) is 0 Å². The third kappa shape index (κ3) is 7.58. The molecular weight excluding hydrogens is 466 g/mol. The third-order valence-corrected chi connectivity index (χ3v) is 5.76. The lowest BCUT2D eigenvalue weighted by atomic mass is 10.1. The third-order valence-electron chi connectivity index (χ3n) is 5.35. The number of benzene rings is 3. The van der Waals surface area contributed by atoms with Gasteiger partial charge < -0.3 is 10.1 Å². The number of halogens is 1. The highest BCUT2D eigenvalue weighted by Crippen LogP contribution is 2.24. The van der Waals surface area contributed by atoms with E-state index in [0.29, 0.717) is 22.9 Å². The maximum absolute atomic E-state index is 12.5. The molecular formula is C27H28ClN3O4. The summed E-state index contributed by atoms with van der Waals surface area (Å²) < 4.78 is 5.80. The summed E-state index contributed by atoms with van der Waals surface area (Å²) in [6.45, 7) is 3.61. The summed E-state index contributed by atoms with van der Waals surface area (Å²) in [5, 5.41) is 3.27. The van der Waals surface area contributed by atoms with E-state index in [2.05, 4.69) is 16.2 Å². The molecule has 0 spiro atoms. The van der Waals surface area contributed by atoms with Gasteiger partial charge in [-0.25, -0.2) is 0 Å². The fraction of sp³-hybridized carbons (Fsp3) is 0.222. The summed E-state index contributed by atoms with van der Waals surface area (Å²) in [4.78, 5) is 36.7. The number of anilines is 1. The van der Waals surface area contributed by atoms with E-state index >= 15 is 0 Å². The number of carbonyl (C=O) groups is 3. The Balaban J connectivity index is 1.43. The van der Waals surface area contributed by atoms with Gasteiger partial charge in [0.05, 0.1) is 0 Å². The molecule has 0 aliphatic heterocycles. The second-order valence-corrected chi connectivity index (χ2v) is 8.31. The van der Waals surface area contributed by atoms with Gasteiger partial charge in [0.2, 0.25) is 11.8 Å². The Kier molecular flexibility index (Phi) is 9.26. The van der Waals surface area contributed by atoms with Crippen LogP contribution in [0.2, 0.25) is 5.02 Å². The average molecular weight is 494 g/mol. The largest absolute Gasteiger partial charge is 0.481 e. The van der Waals surface area contributed by atoms with Crippen molar-refractivity contribution in [1.29, 1.82) is 0 Å². The zero-order valence-corrected chi connectivity index (χ0v) is 20.4. The van der Waals surface area contributed by atoms with Crippen LogP contribution in [0.1, 0.15) is 31.7 Å². The summed E-state index contributed by atoms with van der Waals surface area (Å²) in [5.74, 6) is -0.748. The summed E-state index contributed by atoms with van der Waals surface area (Å²) >= 11 is 6.05. The first-order chi connectivity index (χ1) is 16.9. The van der Waals surface area contributed by atoms with Gasteiger partial charge in [-0.3, -0.25) is 25.2 Å². The first kappa shape index (κ1) is 25.8. The molecule has 3 aromatic rings. The van der Waals surface area contributed by atoms with E-state index in [-0.39, 0.29) is 18.7 Å². The molecule has 1 unspecified atom stereocenters. The van der Waals surface area contributed by atoms with Crippen LogP contribution in [-0.2, 0) is 14.4 Å². The molecule has 3 N–H and O–H groups in total. The first-order valence-corrected chi connectivity index (χ1v) is 11.7. The van der Waals surface area contributed by atoms with E-state index in [1.54, 1.807) is 37.3 Å². The number of nitrogens with one attached hydrogen (secondary N) is 3. The Morgan fingerprint density at radius 1 is 0.829 bits per heavy atom.